The van der Waals surface area contributed by atoms with Crippen LogP contribution in [0.1, 0.15) is 88.5 Å². The first-order valence-corrected chi connectivity index (χ1v) is 24.9. The SMILES string of the molecule is CNc1cc(NC(=O)CN2CCC(CCCOc3ccc(-c4ccc(N5CCc6cccc(C(=O)Nc7nc8ccccc8s7)c6C5)nc4C(=O)O)c(C)c3)CC2C)ccc1C(=N)C1CCC(=O)NC1=O. The summed E-state index contributed by atoms with van der Waals surface area (Å²) in [5.74, 6) is -1.26. The van der Waals surface area contributed by atoms with E-state index < -0.39 is 17.8 Å². The van der Waals surface area contributed by atoms with Gasteiger partial charge in [-0.3, -0.25) is 34.7 Å². The monoisotopic (exact) mass is 975 g/mol. The molecule has 71 heavy (non-hydrogen) atoms. The molecule has 9 rings (SSSR count). The Hall–Kier alpha value is -7.50. The summed E-state index contributed by atoms with van der Waals surface area (Å²) in [7, 11) is 1.72. The fourth-order valence-corrected chi connectivity index (χ4v) is 11.0. The second-order valence-electron chi connectivity index (χ2n) is 18.6. The summed E-state index contributed by atoms with van der Waals surface area (Å²) in [6, 6.07) is 28.3. The van der Waals surface area contributed by atoms with Crippen molar-refractivity contribution in [1.82, 2.24) is 20.2 Å². The second-order valence-corrected chi connectivity index (χ2v) is 19.6. The van der Waals surface area contributed by atoms with Crippen LogP contribution in [0.2, 0.25) is 0 Å². The van der Waals surface area contributed by atoms with Gasteiger partial charge in [-0.2, -0.15) is 0 Å². The van der Waals surface area contributed by atoms with Crippen LogP contribution in [0.25, 0.3) is 21.3 Å². The van der Waals surface area contributed by atoms with Crippen LogP contribution < -0.4 is 30.9 Å². The molecule has 2 saturated heterocycles. The summed E-state index contributed by atoms with van der Waals surface area (Å²) >= 11 is 1.42. The zero-order chi connectivity index (χ0) is 49.8. The fourth-order valence-electron chi connectivity index (χ4n) is 10.1. The van der Waals surface area contributed by atoms with E-state index >= 15 is 0 Å². The number of thiazole rings is 1. The van der Waals surface area contributed by atoms with Gasteiger partial charge < -0.3 is 30.8 Å². The Morgan fingerprint density at radius 1 is 0.915 bits per heavy atom. The van der Waals surface area contributed by atoms with E-state index in [1.807, 2.05) is 84.6 Å². The number of aryl methyl sites for hydroxylation is 1. The zero-order valence-electron chi connectivity index (χ0n) is 40.0. The Morgan fingerprint density at radius 3 is 2.52 bits per heavy atom. The Bertz CT molecular complexity index is 3030. The Morgan fingerprint density at radius 2 is 1.75 bits per heavy atom. The van der Waals surface area contributed by atoms with Crippen LogP contribution >= 0.6 is 11.3 Å². The third-order valence-electron chi connectivity index (χ3n) is 13.9. The van der Waals surface area contributed by atoms with E-state index in [1.165, 1.54) is 11.3 Å². The number of pyridine rings is 1. The standard InChI is InChI=1S/C54H57N9O7S/c1-31-26-36(70-25-7-8-33-21-23-62(32(2)27-33)30-48(65)57-35-13-15-40(44(28-35)56-3)49(55)41-18-20-47(64)60-52(41)67)14-16-37(31)38-17-19-46(59-50(38)53(68)69)63-24-22-34-9-6-10-39(42(34)29-63)51(66)61-54-58-43-11-4-5-12-45(43)71-54/h4-6,9-17,19,26,28,32-33,41,55-56H,7-8,18,20-25,27,29-30H2,1-3H3,(H,57,65)(H,68,69)(H,58,61,66)(H,60,64,67). The van der Waals surface area contributed by atoms with Gasteiger partial charge in [-0.05, 0) is 148 Å². The first-order valence-electron chi connectivity index (χ1n) is 24.1. The van der Waals surface area contributed by atoms with Crippen LogP contribution in [0.5, 0.6) is 5.75 Å². The Labute approximate surface area is 415 Å². The molecular formula is C54H57N9O7S. The van der Waals surface area contributed by atoms with Gasteiger partial charge in [0.1, 0.15) is 11.6 Å². The highest BCUT2D eigenvalue weighted by Gasteiger charge is 2.32. The highest BCUT2D eigenvalue weighted by molar-refractivity contribution is 7.22. The van der Waals surface area contributed by atoms with Crippen molar-refractivity contribution in [1.29, 1.82) is 5.41 Å². The van der Waals surface area contributed by atoms with Crippen LogP contribution in [0.4, 0.5) is 22.3 Å². The van der Waals surface area contributed by atoms with Gasteiger partial charge in [0.25, 0.3) is 5.91 Å². The van der Waals surface area contributed by atoms with Crippen molar-refractivity contribution in [3.05, 3.63) is 125 Å². The van der Waals surface area contributed by atoms with Gasteiger partial charge in [0.05, 0.1) is 35.0 Å². The van der Waals surface area contributed by atoms with Gasteiger partial charge in [-0.25, -0.2) is 14.8 Å². The molecule has 2 fully saturated rings. The molecule has 16 nitrogen and oxygen atoms in total. The van der Waals surface area contributed by atoms with Gasteiger partial charge in [-0.15, -0.1) is 0 Å². The molecule has 3 atom stereocenters. The second kappa shape index (κ2) is 21.2. The molecule has 3 aliphatic heterocycles. The zero-order valence-corrected chi connectivity index (χ0v) is 40.8. The lowest BCUT2D eigenvalue weighted by Gasteiger charge is -2.37. The van der Waals surface area contributed by atoms with E-state index in [-0.39, 0.29) is 54.6 Å². The summed E-state index contributed by atoms with van der Waals surface area (Å²) in [4.78, 5) is 77.0. The lowest BCUT2D eigenvalue weighted by molar-refractivity contribution is -0.134. The Kier molecular flexibility index (Phi) is 14.5. The van der Waals surface area contributed by atoms with Crippen molar-refractivity contribution in [2.45, 2.75) is 71.4 Å². The summed E-state index contributed by atoms with van der Waals surface area (Å²) in [6.45, 7) is 6.71. The van der Waals surface area contributed by atoms with Gasteiger partial charge in [0.2, 0.25) is 17.7 Å². The van der Waals surface area contributed by atoms with Crippen LogP contribution in [0, 0.1) is 24.2 Å². The molecule has 0 bridgehead atoms. The average Bonchev–Trinajstić information content (AvgIpc) is 3.77. The molecule has 6 N–H and O–H groups in total. The van der Waals surface area contributed by atoms with Crippen molar-refractivity contribution in [3.63, 3.8) is 0 Å². The van der Waals surface area contributed by atoms with Gasteiger partial charge in [0, 0.05) is 60.7 Å². The van der Waals surface area contributed by atoms with Crippen LogP contribution in [0.15, 0.2) is 91.0 Å². The number of anilines is 4. The molecule has 0 aliphatic carbocycles. The predicted molar refractivity (Wildman–Crippen MR) is 276 cm³/mol. The number of imide groups is 1. The number of benzene rings is 4. The summed E-state index contributed by atoms with van der Waals surface area (Å²) in [5.41, 5.74) is 7.29. The van der Waals surface area contributed by atoms with Crippen molar-refractivity contribution >= 4 is 79.2 Å². The smallest absolute Gasteiger partial charge is 0.355 e. The quantitative estimate of drug-likeness (QED) is 0.0305. The number of nitrogens with one attached hydrogen (secondary N) is 5. The number of nitrogens with zero attached hydrogens (tertiary/aromatic N) is 4. The summed E-state index contributed by atoms with van der Waals surface area (Å²) < 4.78 is 7.19. The maximum atomic E-state index is 13.6. The lowest BCUT2D eigenvalue weighted by atomic mass is 9.88. The average molecular weight is 976 g/mol. The maximum Gasteiger partial charge on any atom is 0.355 e. The molecule has 3 unspecified atom stereocenters. The summed E-state index contributed by atoms with van der Waals surface area (Å²) in [6.07, 6.45) is 4.96. The third-order valence-corrected chi connectivity index (χ3v) is 14.8. The third kappa shape index (κ3) is 11.0. The van der Waals surface area contributed by atoms with Crippen LogP contribution in [-0.4, -0.2) is 94.6 Å². The minimum atomic E-state index is -1.13. The van der Waals surface area contributed by atoms with Crippen LogP contribution in [-0.2, 0) is 27.3 Å². The molecule has 17 heteroatoms. The number of piperidine rings is 2. The topological polar surface area (TPSA) is 219 Å². The van der Waals surface area contributed by atoms with E-state index in [9.17, 15) is 29.1 Å². The largest absolute Gasteiger partial charge is 0.494 e. The molecule has 0 radical (unpaired) electrons. The molecular weight excluding hydrogens is 919 g/mol. The number of hydrogen-bond acceptors (Lipinski definition) is 13. The number of carbonyl (C=O) groups is 5. The molecule has 6 aromatic rings. The highest BCUT2D eigenvalue weighted by atomic mass is 32.1. The first kappa shape index (κ1) is 48.5. The molecule has 4 amide bonds. The minimum Gasteiger partial charge on any atom is -0.494 e. The lowest BCUT2D eigenvalue weighted by Crippen LogP contribution is -2.44. The van der Waals surface area contributed by atoms with E-state index in [0.29, 0.717) is 76.8 Å². The number of aromatic carboxylic acids is 1. The molecule has 0 saturated carbocycles. The van der Waals surface area contributed by atoms with E-state index in [2.05, 4.69) is 43.1 Å². The number of carboxylic acids is 1. The van der Waals surface area contributed by atoms with Gasteiger partial charge in [-0.1, -0.05) is 41.7 Å². The number of hydrogen-bond donors (Lipinski definition) is 6. The van der Waals surface area contributed by atoms with Crippen molar-refractivity contribution in [2.75, 3.05) is 54.1 Å². The molecule has 0 spiro atoms. The normalized spacial score (nSPS) is 18.1. The number of para-hydroxylation sites is 1. The molecule has 4 aromatic carbocycles. The van der Waals surface area contributed by atoms with Gasteiger partial charge >= 0.3 is 5.97 Å². The maximum absolute atomic E-state index is 13.6. The minimum absolute atomic E-state index is 0.0473. The first-order chi connectivity index (χ1) is 34.3. The number of likely N-dealkylation sites (tertiary alicyclic amines) is 1. The number of amides is 4. The highest BCUT2D eigenvalue weighted by Crippen LogP contribution is 2.35. The van der Waals surface area contributed by atoms with Crippen molar-refractivity contribution in [3.8, 4) is 16.9 Å². The predicted octanol–water partition coefficient (Wildman–Crippen LogP) is 8.54. The summed E-state index contributed by atoms with van der Waals surface area (Å²) in [5, 5.41) is 31.0. The number of aromatic nitrogens is 2. The molecule has 2 aromatic heterocycles. The fraction of sp³-hybridized carbons (Fsp3) is 0.333. The number of carbonyl (C=O) groups excluding carboxylic acids is 4. The number of rotatable bonds is 16. The molecule has 3 aliphatic rings. The Balaban J connectivity index is 0.748. The van der Waals surface area contributed by atoms with Crippen LogP contribution in [0.3, 0.4) is 0 Å². The van der Waals surface area contributed by atoms with Crippen molar-refractivity contribution in [2.24, 2.45) is 11.8 Å². The van der Waals surface area contributed by atoms with E-state index in [1.54, 1.807) is 25.2 Å². The molecule has 366 valence electrons. The number of fused-ring (bicyclic) bond motifs is 2. The number of carboxylic acid groups (broad SMARTS) is 1. The van der Waals surface area contributed by atoms with Gasteiger partial charge in [0.15, 0.2) is 10.8 Å². The van der Waals surface area contributed by atoms with E-state index in [0.717, 1.165) is 64.7 Å². The van der Waals surface area contributed by atoms with E-state index in [4.69, 9.17) is 10.1 Å². The van der Waals surface area contributed by atoms with Crippen molar-refractivity contribution < 1.29 is 33.8 Å². The molecule has 5 heterocycles. The number of ether oxygens (including phenoxy) is 1.